The first kappa shape index (κ1) is 26.9. The number of hydrogen-bond acceptors (Lipinski definition) is 4. The van der Waals surface area contributed by atoms with Gasteiger partial charge in [0.1, 0.15) is 0 Å². The molecule has 0 aliphatic rings. The molecular formula is C24H46O4. The smallest absolute Gasteiger partial charge is 0.305 e. The normalized spacial score (nSPS) is 10.8. The predicted molar refractivity (Wildman–Crippen MR) is 116 cm³/mol. The average molecular weight is 399 g/mol. The van der Waals surface area contributed by atoms with E-state index in [1.165, 1.54) is 64.2 Å². The van der Waals surface area contributed by atoms with Gasteiger partial charge in [0, 0.05) is 12.8 Å². The van der Waals surface area contributed by atoms with Crippen molar-refractivity contribution in [1.82, 2.24) is 0 Å². The van der Waals surface area contributed by atoms with Gasteiger partial charge in [-0.3, -0.25) is 9.59 Å². The van der Waals surface area contributed by atoms with E-state index in [-0.39, 0.29) is 11.9 Å². The Labute approximate surface area is 174 Å². The molecule has 0 aromatic carbocycles. The lowest BCUT2D eigenvalue weighted by molar-refractivity contribution is -0.144. The Morgan fingerprint density at radius 3 is 1.32 bits per heavy atom. The largest absolute Gasteiger partial charge is 0.466 e. The molecule has 0 spiro atoms. The Morgan fingerprint density at radius 1 is 0.464 bits per heavy atom. The van der Waals surface area contributed by atoms with E-state index in [0.717, 1.165) is 38.5 Å². The van der Waals surface area contributed by atoms with E-state index in [9.17, 15) is 9.59 Å². The molecule has 0 saturated carbocycles. The summed E-state index contributed by atoms with van der Waals surface area (Å²) < 4.78 is 10.3. The Morgan fingerprint density at radius 2 is 0.857 bits per heavy atom. The third-order valence-corrected chi connectivity index (χ3v) is 4.99. The number of unbranched alkanes of at least 4 members (excludes halogenated alkanes) is 13. The molecule has 0 fully saturated rings. The number of ether oxygens (including phenoxy) is 2. The van der Waals surface area contributed by atoms with Crippen molar-refractivity contribution in [3.63, 3.8) is 0 Å². The summed E-state index contributed by atoms with van der Waals surface area (Å²) in [5.41, 5.74) is 0. The number of esters is 2. The molecule has 166 valence electrons. The van der Waals surface area contributed by atoms with Crippen molar-refractivity contribution in [3.8, 4) is 0 Å². The predicted octanol–water partition coefficient (Wildman–Crippen LogP) is 7.13. The molecule has 0 radical (unpaired) electrons. The molecule has 0 aromatic heterocycles. The second-order valence-corrected chi connectivity index (χ2v) is 7.89. The highest BCUT2D eigenvalue weighted by molar-refractivity contribution is 5.69. The van der Waals surface area contributed by atoms with Gasteiger partial charge in [0.25, 0.3) is 0 Å². The lowest BCUT2D eigenvalue weighted by Gasteiger charge is -2.06. The maximum absolute atomic E-state index is 11.7. The number of carbonyl (C=O) groups is 2. The topological polar surface area (TPSA) is 52.6 Å². The Bertz CT molecular complexity index is 355. The van der Waals surface area contributed by atoms with E-state index < -0.39 is 0 Å². The fraction of sp³-hybridized carbons (Fsp3) is 0.917. The number of hydrogen-bond donors (Lipinski definition) is 0. The summed E-state index contributed by atoms with van der Waals surface area (Å²) in [6.45, 7) is 5.30. The minimum absolute atomic E-state index is 0.100. The zero-order chi connectivity index (χ0) is 20.7. The van der Waals surface area contributed by atoms with Crippen LogP contribution in [0.2, 0.25) is 0 Å². The average Bonchev–Trinajstić information content (AvgIpc) is 2.69. The Hall–Kier alpha value is -1.06. The van der Waals surface area contributed by atoms with Crippen LogP contribution in [-0.2, 0) is 19.1 Å². The summed E-state index contributed by atoms with van der Waals surface area (Å²) in [7, 11) is 0. The van der Waals surface area contributed by atoms with Gasteiger partial charge >= 0.3 is 11.9 Å². The molecule has 0 N–H and O–H groups in total. The molecule has 0 aliphatic carbocycles. The molecule has 0 aliphatic heterocycles. The quantitative estimate of drug-likeness (QED) is 0.152. The van der Waals surface area contributed by atoms with Crippen LogP contribution in [-0.4, -0.2) is 25.2 Å². The highest BCUT2D eigenvalue weighted by Gasteiger charge is 2.05. The minimum Gasteiger partial charge on any atom is -0.466 e. The summed E-state index contributed by atoms with van der Waals surface area (Å²) in [5.74, 6) is -0.229. The molecule has 4 heteroatoms. The van der Waals surface area contributed by atoms with Gasteiger partial charge in [0.2, 0.25) is 0 Å². The van der Waals surface area contributed by atoms with Crippen LogP contribution in [0.15, 0.2) is 0 Å². The monoisotopic (exact) mass is 398 g/mol. The summed E-state index contributed by atoms with van der Waals surface area (Å²) in [6.07, 6.45) is 20.0. The second-order valence-electron chi connectivity index (χ2n) is 7.89. The summed E-state index contributed by atoms with van der Waals surface area (Å²) in [6, 6.07) is 0. The van der Waals surface area contributed by atoms with Gasteiger partial charge in [-0.1, -0.05) is 90.9 Å². The molecule has 4 nitrogen and oxygen atoms in total. The standard InChI is InChI=1S/C24H46O4/c1-3-5-6-7-8-9-10-11-12-13-14-18-22-28-24(26)20-17-15-16-19-23(25)27-21-4-2/h3-22H2,1-2H3. The van der Waals surface area contributed by atoms with Gasteiger partial charge in [-0.15, -0.1) is 0 Å². The summed E-state index contributed by atoms with van der Waals surface area (Å²) >= 11 is 0. The van der Waals surface area contributed by atoms with Crippen LogP contribution in [0.3, 0.4) is 0 Å². The van der Waals surface area contributed by atoms with Crippen molar-refractivity contribution in [2.24, 2.45) is 0 Å². The van der Waals surface area contributed by atoms with Crippen LogP contribution in [0.25, 0.3) is 0 Å². The van der Waals surface area contributed by atoms with E-state index in [4.69, 9.17) is 9.47 Å². The van der Waals surface area contributed by atoms with E-state index in [0.29, 0.717) is 26.1 Å². The van der Waals surface area contributed by atoms with Crippen LogP contribution in [0, 0.1) is 0 Å². The molecule has 0 amide bonds. The fourth-order valence-corrected chi connectivity index (χ4v) is 3.20. The Balaban J connectivity index is 3.22. The van der Waals surface area contributed by atoms with Crippen molar-refractivity contribution in [1.29, 1.82) is 0 Å². The molecule has 0 atom stereocenters. The molecule has 0 unspecified atom stereocenters. The molecular weight excluding hydrogens is 352 g/mol. The maximum atomic E-state index is 11.7. The SMILES string of the molecule is CCCCCCCCCCCCCCOC(=O)CCCCCC(=O)OCCC. The van der Waals surface area contributed by atoms with Crippen LogP contribution in [0.4, 0.5) is 0 Å². The van der Waals surface area contributed by atoms with Crippen LogP contribution < -0.4 is 0 Å². The second kappa shape index (κ2) is 22.2. The zero-order valence-electron chi connectivity index (χ0n) is 18.8. The van der Waals surface area contributed by atoms with Crippen molar-refractivity contribution in [2.45, 2.75) is 129 Å². The van der Waals surface area contributed by atoms with E-state index in [2.05, 4.69) is 6.92 Å². The van der Waals surface area contributed by atoms with Gasteiger partial charge < -0.3 is 9.47 Å². The summed E-state index contributed by atoms with van der Waals surface area (Å²) in [5, 5.41) is 0. The first-order chi connectivity index (χ1) is 13.7. The van der Waals surface area contributed by atoms with Gasteiger partial charge in [0.15, 0.2) is 0 Å². The van der Waals surface area contributed by atoms with Crippen LogP contribution in [0.1, 0.15) is 129 Å². The summed E-state index contributed by atoms with van der Waals surface area (Å²) in [4.78, 5) is 23.0. The lowest BCUT2D eigenvalue weighted by atomic mass is 10.1. The third-order valence-electron chi connectivity index (χ3n) is 4.99. The van der Waals surface area contributed by atoms with Gasteiger partial charge in [0.05, 0.1) is 13.2 Å². The highest BCUT2D eigenvalue weighted by Crippen LogP contribution is 2.12. The molecule has 0 rings (SSSR count). The van der Waals surface area contributed by atoms with Gasteiger partial charge in [-0.05, 0) is 25.7 Å². The van der Waals surface area contributed by atoms with E-state index in [1.807, 2.05) is 6.92 Å². The first-order valence-electron chi connectivity index (χ1n) is 12.0. The van der Waals surface area contributed by atoms with Crippen molar-refractivity contribution in [3.05, 3.63) is 0 Å². The van der Waals surface area contributed by atoms with E-state index >= 15 is 0 Å². The fourth-order valence-electron chi connectivity index (χ4n) is 3.20. The molecule has 0 heterocycles. The van der Waals surface area contributed by atoms with Gasteiger partial charge in [-0.25, -0.2) is 0 Å². The van der Waals surface area contributed by atoms with Crippen LogP contribution in [0.5, 0.6) is 0 Å². The van der Waals surface area contributed by atoms with Crippen molar-refractivity contribution in [2.75, 3.05) is 13.2 Å². The number of rotatable bonds is 21. The molecule has 0 saturated heterocycles. The third kappa shape index (κ3) is 21.2. The molecule has 28 heavy (non-hydrogen) atoms. The maximum Gasteiger partial charge on any atom is 0.305 e. The highest BCUT2D eigenvalue weighted by atomic mass is 16.5. The Kier molecular flexibility index (Phi) is 21.4. The number of carbonyl (C=O) groups excluding carboxylic acids is 2. The minimum atomic E-state index is -0.128. The molecule has 0 bridgehead atoms. The lowest BCUT2D eigenvalue weighted by Crippen LogP contribution is -2.06. The molecule has 0 aromatic rings. The van der Waals surface area contributed by atoms with E-state index in [1.54, 1.807) is 0 Å². The zero-order valence-corrected chi connectivity index (χ0v) is 18.8. The van der Waals surface area contributed by atoms with Crippen molar-refractivity contribution >= 4 is 11.9 Å². The van der Waals surface area contributed by atoms with Gasteiger partial charge in [-0.2, -0.15) is 0 Å². The first-order valence-corrected chi connectivity index (χ1v) is 12.0. The van der Waals surface area contributed by atoms with Crippen molar-refractivity contribution < 1.29 is 19.1 Å². The van der Waals surface area contributed by atoms with Crippen LogP contribution >= 0.6 is 0 Å².